The summed E-state index contributed by atoms with van der Waals surface area (Å²) in [5.74, 6) is 0.661. The smallest absolute Gasteiger partial charge is 0.262 e. The third-order valence-corrected chi connectivity index (χ3v) is 6.10. The molecule has 0 unspecified atom stereocenters. The first-order valence-corrected chi connectivity index (χ1v) is 10.9. The summed E-state index contributed by atoms with van der Waals surface area (Å²) in [6, 6.07) is 7.71. The lowest BCUT2D eigenvalue weighted by Crippen LogP contribution is -2.30. The monoisotopic (exact) mass is 399 g/mol. The van der Waals surface area contributed by atoms with Crippen LogP contribution in [0, 0.1) is 4.77 Å². The van der Waals surface area contributed by atoms with Crippen molar-refractivity contribution in [3.05, 3.63) is 39.4 Å². The maximum absolute atomic E-state index is 13.1. The van der Waals surface area contributed by atoms with Crippen molar-refractivity contribution >= 4 is 28.9 Å². The van der Waals surface area contributed by atoms with Gasteiger partial charge in [-0.1, -0.05) is 44.7 Å². The molecule has 0 aliphatic carbocycles. The molecule has 0 amide bonds. The van der Waals surface area contributed by atoms with E-state index in [1.807, 2.05) is 33.3 Å². The number of benzene rings is 1. The van der Waals surface area contributed by atoms with Gasteiger partial charge in [-0.15, -0.1) is 5.10 Å². The van der Waals surface area contributed by atoms with Crippen molar-refractivity contribution in [2.24, 2.45) is 0 Å². The van der Waals surface area contributed by atoms with E-state index in [1.54, 1.807) is 4.57 Å². The van der Waals surface area contributed by atoms with Crippen molar-refractivity contribution in [1.82, 2.24) is 23.6 Å². The lowest BCUT2D eigenvalue weighted by Gasteiger charge is -2.23. The molecule has 0 saturated carbocycles. The van der Waals surface area contributed by atoms with Crippen molar-refractivity contribution in [2.75, 3.05) is 13.1 Å². The summed E-state index contributed by atoms with van der Waals surface area (Å²) >= 11 is 5.82. The molecule has 0 radical (unpaired) electrons. The number of unbranched alkanes of at least 4 members (excludes halogenated alkanes) is 1. The molecular formula is C21H29N5OS. The lowest BCUT2D eigenvalue weighted by molar-refractivity contribution is 0.188. The Morgan fingerprint density at radius 3 is 2.54 bits per heavy atom. The van der Waals surface area contributed by atoms with Crippen molar-refractivity contribution in [2.45, 2.75) is 65.1 Å². The van der Waals surface area contributed by atoms with Crippen LogP contribution in [0.5, 0.6) is 0 Å². The Balaban J connectivity index is 1.83. The Morgan fingerprint density at radius 1 is 1.07 bits per heavy atom. The van der Waals surface area contributed by atoms with E-state index < -0.39 is 0 Å². The number of fused-ring (bicyclic) bond motifs is 3. The van der Waals surface area contributed by atoms with Crippen molar-refractivity contribution in [3.63, 3.8) is 0 Å². The zero-order valence-corrected chi connectivity index (χ0v) is 17.5. The Kier molecular flexibility index (Phi) is 5.92. The van der Waals surface area contributed by atoms with Gasteiger partial charge in [0.25, 0.3) is 5.56 Å². The number of rotatable bonds is 5. The second-order valence-corrected chi connectivity index (χ2v) is 8.14. The minimum Gasteiger partial charge on any atom is -0.284 e. The van der Waals surface area contributed by atoms with Crippen LogP contribution >= 0.6 is 12.2 Å². The summed E-state index contributed by atoms with van der Waals surface area (Å²) in [4.78, 5) is 15.5. The Labute approximate surface area is 170 Å². The van der Waals surface area contributed by atoms with Gasteiger partial charge < -0.3 is 0 Å². The topological polar surface area (TPSA) is 47.5 Å². The molecule has 2 aromatic heterocycles. The first-order chi connectivity index (χ1) is 13.7. The van der Waals surface area contributed by atoms with E-state index in [1.165, 1.54) is 32.1 Å². The molecule has 1 fully saturated rings. The van der Waals surface area contributed by atoms with Gasteiger partial charge in [-0.25, -0.2) is 4.68 Å². The first kappa shape index (κ1) is 19.3. The minimum atomic E-state index is 0.0231. The first-order valence-electron chi connectivity index (χ1n) is 10.5. The third-order valence-electron chi connectivity index (χ3n) is 5.70. The SMILES string of the molecule is CCCCn1c(=O)c2ccccc2n2c(=S)n(CN3CCCCCCC3)nc12. The van der Waals surface area contributed by atoms with Crippen LogP contribution in [-0.2, 0) is 13.2 Å². The highest BCUT2D eigenvalue weighted by Gasteiger charge is 2.17. The zero-order valence-electron chi connectivity index (χ0n) is 16.6. The van der Waals surface area contributed by atoms with E-state index in [-0.39, 0.29) is 5.56 Å². The van der Waals surface area contributed by atoms with E-state index in [2.05, 4.69) is 11.8 Å². The molecule has 150 valence electrons. The van der Waals surface area contributed by atoms with Gasteiger partial charge in [0.15, 0.2) is 0 Å². The van der Waals surface area contributed by atoms with E-state index >= 15 is 0 Å². The maximum atomic E-state index is 13.1. The Bertz CT molecular complexity index is 1070. The van der Waals surface area contributed by atoms with Gasteiger partial charge in [0, 0.05) is 6.54 Å². The number of hydrogen-bond acceptors (Lipinski definition) is 4. The highest BCUT2D eigenvalue weighted by atomic mass is 32.1. The normalized spacial score (nSPS) is 16.5. The average Bonchev–Trinajstić information content (AvgIpc) is 3.00. The van der Waals surface area contributed by atoms with Gasteiger partial charge in [-0.05, 0) is 56.7 Å². The zero-order chi connectivity index (χ0) is 19.5. The molecule has 1 aromatic carbocycles. The second kappa shape index (κ2) is 8.57. The van der Waals surface area contributed by atoms with Crippen LogP contribution in [0.2, 0.25) is 0 Å². The lowest BCUT2D eigenvalue weighted by atomic mass is 10.1. The predicted molar refractivity (Wildman–Crippen MR) is 115 cm³/mol. The van der Waals surface area contributed by atoms with Crippen LogP contribution in [0.25, 0.3) is 16.7 Å². The van der Waals surface area contributed by atoms with E-state index in [9.17, 15) is 4.79 Å². The number of para-hydroxylation sites is 1. The quantitative estimate of drug-likeness (QED) is 0.603. The van der Waals surface area contributed by atoms with Crippen LogP contribution in [-0.4, -0.2) is 36.7 Å². The molecule has 0 atom stereocenters. The largest absolute Gasteiger partial charge is 0.284 e. The summed E-state index contributed by atoms with van der Waals surface area (Å²) in [6.45, 7) is 5.66. The molecular weight excluding hydrogens is 370 g/mol. The minimum absolute atomic E-state index is 0.0231. The number of nitrogens with zero attached hydrogens (tertiary/aromatic N) is 5. The van der Waals surface area contributed by atoms with Gasteiger partial charge in [-0.3, -0.25) is 18.7 Å². The van der Waals surface area contributed by atoms with Crippen molar-refractivity contribution < 1.29 is 0 Å². The summed E-state index contributed by atoms with van der Waals surface area (Å²) in [6.07, 6.45) is 8.37. The van der Waals surface area contributed by atoms with Crippen LogP contribution in [0.15, 0.2) is 29.1 Å². The molecule has 0 N–H and O–H groups in total. The number of hydrogen-bond donors (Lipinski definition) is 0. The van der Waals surface area contributed by atoms with E-state index in [4.69, 9.17) is 17.3 Å². The predicted octanol–water partition coefficient (Wildman–Crippen LogP) is 4.20. The number of aryl methyl sites for hydroxylation is 1. The fourth-order valence-corrected chi connectivity index (χ4v) is 4.40. The van der Waals surface area contributed by atoms with Crippen LogP contribution in [0.4, 0.5) is 0 Å². The fraction of sp³-hybridized carbons (Fsp3) is 0.571. The van der Waals surface area contributed by atoms with Crippen LogP contribution in [0.1, 0.15) is 51.9 Å². The molecule has 7 heteroatoms. The molecule has 0 bridgehead atoms. The van der Waals surface area contributed by atoms with Gasteiger partial charge in [-0.2, -0.15) is 0 Å². The van der Waals surface area contributed by atoms with Gasteiger partial charge in [0.1, 0.15) is 0 Å². The van der Waals surface area contributed by atoms with Crippen LogP contribution < -0.4 is 5.56 Å². The summed E-state index contributed by atoms with van der Waals surface area (Å²) < 4.78 is 6.34. The van der Waals surface area contributed by atoms with Crippen molar-refractivity contribution in [1.29, 1.82) is 0 Å². The number of aromatic nitrogens is 4. The fourth-order valence-electron chi connectivity index (χ4n) is 4.12. The molecule has 1 aliphatic heterocycles. The molecule has 0 spiro atoms. The summed E-state index contributed by atoms with van der Waals surface area (Å²) in [5.41, 5.74) is 0.870. The molecule has 6 nitrogen and oxygen atoms in total. The molecule has 1 saturated heterocycles. The molecule has 28 heavy (non-hydrogen) atoms. The second-order valence-electron chi connectivity index (χ2n) is 7.77. The average molecular weight is 400 g/mol. The number of likely N-dealkylation sites (tertiary alicyclic amines) is 1. The Morgan fingerprint density at radius 2 is 1.79 bits per heavy atom. The standard InChI is InChI=1S/C21H29N5OS/c1-2-3-15-24-19(27)17-11-7-8-12-18(17)26-20(24)22-25(21(26)28)16-23-13-9-5-4-6-10-14-23/h7-8,11-12H,2-6,9-10,13-16H2,1H3. The summed E-state index contributed by atoms with van der Waals surface area (Å²) in [5, 5.41) is 5.52. The molecule has 3 heterocycles. The third kappa shape index (κ3) is 3.65. The highest BCUT2D eigenvalue weighted by Crippen LogP contribution is 2.16. The van der Waals surface area contributed by atoms with E-state index in [0.29, 0.717) is 29.1 Å². The van der Waals surface area contributed by atoms with Gasteiger partial charge in [0.2, 0.25) is 10.5 Å². The molecule has 4 rings (SSSR count). The van der Waals surface area contributed by atoms with Gasteiger partial charge in [0.05, 0.1) is 17.6 Å². The Hall–Kier alpha value is -1.99. The molecule has 3 aromatic rings. The maximum Gasteiger partial charge on any atom is 0.262 e. The van der Waals surface area contributed by atoms with Crippen molar-refractivity contribution in [3.8, 4) is 0 Å². The molecule has 1 aliphatic rings. The van der Waals surface area contributed by atoms with E-state index in [0.717, 1.165) is 31.4 Å². The van der Waals surface area contributed by atoms with Crippen LogP contribution in [0.3, 0.4) is 0 Å². The highest BCUT2D eigenvalue weighted by molar-refractivity contribution is 7.71. The summed E-state index contributed by atoms with van der Waals surface area (Å²) in [7, 11) is 0. The van der Waals surface area contributed by atoms with Gasteiger partial charge >= 0.3 is 0 Å².